The third-order valence-electron chi connectivity index (χ3n) is 5.84. The Kier molecular flexibility index (Phi) is 9.82. The first-order valence-corrected chi connectivity index (χ1v) is 11.4. The lowest BCUT2D eigenvalue weighted by Gasteiger charge is -2.28. The zero-order valence-electron chi connectivity index (χ0n) is 20.3. The second-order valence-electron chi connectivity index (χ2n) is 9.69. The van der Waals surface area contributed by atoms with Gasteiger partial charge in [-0.1, -0.05) is 51.1 Å². The third kappa shape index (κ3) is 7.40. The van der Waals surface area contributed by atoms with Crippen molar-refractivity contribution in [3.05, 3.63) is 53.1 Å². The van der Waals surface area contributed by atoms with Gasteiger partial charge in [0.2, 0.25) is 0 Å². The Morgan fingerprint density at radius 3 is 2.41 bits per heavy atom. The van der Waals surface area contributed by atoms with E-state index < -0.39 is 23.3 Å². The number of benzene rings is 1. The number of aryl methyl sites for hydroxylation is 1. The average molecular weight is 491 g/mol. The van der Waals surface area contributed by atoms with Crippen molar-refractivity contribution < 1.29 is 19.4 Å². The number of carbonyl (C=O) groups excluding carboxylic acids is 1. The summed E-state index contributed by atoms with van der Waals surface area (Å²) in [5.41, 5.74) is 0.919. The molecule has 0 aliphatic carbocycles. The van der Waals surface area contributed by atoms with Crippen LogP contribution in [0.15, 0.2) is 30.3 Å². The van der Waals surface area contributed by atoms with Gasteiger partial charge in [0.1, 0.15) is 18.5 Å². The number of carbonyl (C=O) groups is 2. The number of piperidine rings is 1. The number of rotatable bonds is 8. The fourth-order valence-electron chi connectivity index (χ4n) is 3.96. The Morgan fingerprint density at radius 2 is 1.82 bits per heavy atom. The summed E-state index contributed by atoms with van der Waals surface area (Å²) < 4.78 is 6.00. The van der Waals surface area contributed by atoms with E-state index in [1.54, 1.807) is 27.7 Å². The van der Waals surface area contributed by atoms with Gasteiger partial charge in [0.05, 0.1) is 5.69 Å². The van der Waals surface area contributed by atoms with Crippen LogP contribution >= 0.6 is 12.4 Å². The minimum atomic E-state index is -1.09. The zero-order chi connectivity index (χ0) is 24.0. The predicted molar refractivity (Wildman–Crippen MR) is 132 cm³/mol. The van der Waals surface area contributed by atoms with Crippen molar-refractivity contribution in [3.8, 4) is 5.75 Å². The molecule has 3 N–H and O–H groups in total. The van der Waals surface area contributed by atoms with Crippen LogP contribution in [-0.2, 0) is 17.8 Å². The van der Waals surface area contributed by atoms with E-state index in [0.717, 1.165) is 31.5 Å². The van der Waals surface area contributed by atoms with Gasteiger partial charge in [0.15, 0.2) is 11.4 Å². The number of carboxylic acids is 1. The minimum Gasteiger partial charge on any atom is -0.485 e. The number of carboxylic acid groups (broad SMARTS) is 1. The summed E-state index contributed by atoms with van der Waals surface area (Å²) in [6.45, 7) is 9.28. The summed E-state index contributed by atoms with van der Waals surface area (Å²) in [7, 11) is 0. The van der Waals surface area contributed by atoms with Gasteiger partial charge in [-0.2, -0.15) is 0 Å². The first-order chi connectivity index (χ1) is 15.6. The van der Waals surface area contributed by atoms with Crippen LogP contribution in [0.4, 0.5) is 0 Å². The standard InChI is InChI=1S/C25H34N4O4.ClH/c1-16-21(33-15-18-8-6-5-7-9-18)20(23(30)29-22(24(31)32)25(2,3)4)28-19(27-16)14-17-10-12-26-13-11-17;/h5-9,17,22,26H,10-15H2,1-4H3,(H,29,30)(H,31,32);1H. The number of nitrogens with zero attached hydrogens (tertiary/aromatic N) is 2. The number of nitrogens with one attached hydrogen (secondary N) is 2. The number of aromatic nitrogens is 2. The van der Waals surface area contributed by atoms with Crippen LogP contribution in [0.3, 0.4) is 0 Å². The molecule has 1 aromatic heterocycles. The van der Waals surface area contributed by atoms with Crippen molar-refractivity contribution in [1.82, 2.24) is 20.6 Å². The predicted octanol–water partition coefficient (Wildman–Crippen LogP) is 3.56. The van der Waals surface area contributed by atoms with E-state index >= 15 is 0 Å². The SMILES string of the molecule is Cc1nc(CC2CCNCC2)nc(C(=O)NC(C(=O)O)C(C)(C)C)c1OCc1ccccc1.Cl. The Labute approximate surface area is 207 Å². The smallest absolute Gasteiger partial charge is 0.326 e. The average Bonchev–Trinajstić information content (AvgIpc) is 2.76. The Hall–Kier alpha value is -2.71. The molecule has 0 bridgehead atoms. The molecule has 1 fully saturated rings. The van der Waals surface area contributed by atoms with Gasteiger partial charge in [-0.25, -0.2) is 14.8 Å². The molecule has 1 atom stereocenters. The molecule has 1 aromatic carbocycles. The van der Waals surface area contributed by atoms with E-state index in [0.29, 0.717) is 23.9 Å². The van der Waals surface area contributed by atoms with Crippen LogP contribution in [-0.4, -0.2) is 46.1 Å². The molecule has 1 unspecified atom stereocenters. The number of halogens is 1. The van der Waals surface area contributed by atoms with Gasteiger partial charge in [-0.15, -0.1) is 12.4 Å². The molecule has 1 aliphatic heterocycles. The van der Waals surface area contributed by atoms with Crippen LogP contribution in [0.1, 0.15) is 61.2 Å². The largest absolute Gasteiger partial charge is 0.485 e. The number of ether oxygens (including phenoxy) is 1. The highest BCUT2D eigenvalue weighted by Crippen LogP contribution is 2.26. The summed E-state index contributed by atoms with van der Waals surface area (Å²) in [6, 6.07) is 8.54. The van der Waals surface area contributed by atoms with E-state index in [-0.39, 0.29) is 30.5 Å². The van der Waals surface area contributed by atoms with E-state index in [1.165, 1.54) is 0 Å². The van der Waals surface area contributed by atoms with Crippen molar-refractivity contribution in [2.24, 2.45) is 11.3 Å². The number of aliphatic carboxylic acids is 1. The highest BCUT2D eigenvalue weighted by molar-refractivity contribution is 5.97. The fourth-order valence-corrected chi connectivity index (χ4v) is 3.96. The van der Waals surface area contributed by atoms with E-state index in [4.69, 9.17) is 4.74 Å². The molecule has 1 amide bonds. The monoisotopic (exact) mass is 490 g/mol. The Bertz CT molecular complexity index is 973. The van der Waals surface area contributed by atoms with E-state index in [9.17, 15) is 14.7 Å². The van der Waals surface area contributed by atoms with E-state index in [2.05, 4.69) is 20.6 Å². The maximum absolute atomic E-state index is 13.3. The summed E-state index contributed by atoms with van der Waals surface area (Å²) in [6.07, 6.45) is 2.73. The molecular formula is C25H35ClN4O4. The molecule has 34 heavy (non-hydrogen) atoms. The lowest BCUT2D eigenvalue weighted by atomic mass is 9.86. The molecule has 1 saturated heterocycles. The quantitative estimate of drug-likeness (QED) is 0.518. The highest BCUT2D eigenvalue weighted by Gasteiger charge is 2.34. The molecule has 0 radical (unpaired) electrons. The molecular weight excluding hydrogens is 456 g/mol. The lowest BCUT2D eigenvalue weighted by Crippen LogP contribution is -2.49. The molecule has 2 heterocycles. The van der Waals surface area contributed by atoms with Gasteiger partial charge in [0, 0.05) is 6.42 Å². The van der Waals surface area contributed by atoms with Crippen LogP contribution < -0.4 is 15.4 Å². The topological polar surface area (TPSA) is 113 Å². The fraction of sp³-hybridized carbons (Fsp3) is 0.520. The normalized spacial score (nSPS) is 15.2. The first-order valence-electron chi connectivity index (χ1n) is 11.4. The van der Waals surface area contributed by atoms with Crippen LogP contribution in [0.2, 0.25) is 0 Å². The maximum atomic E-state index is 13.3. The molecule has 8 nitrogen and oxygen atoms in total. The number of amides is 1. The van der Waals surface area contributed by atoms with Crippen LogP contribution in [0, 0.1) is 18.3 Å². The van der Waals surface area contributed by atoms with Crippen LogP contribution in [0.5, 0.6) is 5.75 Å². The second-order valence-corrected chi connectivity index (χ2v) is 9.69. The summed E-state index contributed by atoms with van der Waals surface area (Å²) in [5.74, 6) is -0.359. The van der Waals surface area contributed by atoms with Crippen molar-refractivity contribution in [2.45, 2.75) is 59.6 Å². The third-order valence-corrected chi connectivity index (χ3v) is 5.84. The Balaban J connectivity index is 0.00000408. The summed E-state index contributed by atoms with van der Waals surface area (Å²) in [5, 5.41) is 15.7. The lowest BCUT2D eigenvalue weighted by molar-refractivity contribution is -0.142. The van der Waals surface area contributed by atoms with Gasteiger partial charge in [-0.3, -0.25) is 4.79 Å². The van der Waals surface area contributed by atoms with Crippen molar-refractivity contribution in [3.63, 3.8) is 0 Å². The molecule has 2 aromatic rings. The first kappa shape index (κ1) is 27.5. The van der Waals surface area contributed by atoms with Crippen LogP contribution in [0.25, 0.3) is 0 Å². The van der Waals surface area contributed by atoms with Crippen molar-refractivity contribution in [1.29, 1.82) is 0 Å². The summed E-state index contributed by atoms with van der Waals surface area (Å²) in [4.78, 5) is 34.3. The molecule has 3 rings (SSSR count). The molecule has 0 saturated carbocycles. The minimum absolute atomic E-state index is 0. The van der Waals surface area contributed by atoms with E-state index in [1.807, 2.05) is 30.3 Å². The van der Waals surface area contributed by atoms with Crippen molar-refractivity contribution in [2.75, 3.05) is 13.1 Å². The van der Waals surface area contributed by atoms with Gasteiger partial charge in [-0.05, 0) is 49.8 Å². The molecule has 186 valence electrons. The number of hydrogen-bond acceptors (Lipinski definition) is 6. The van der Waals surface area contributed by atoms with Gasteiger partial charge in [0.25, 0.3) is 5.91 Å². The molecule has 9 heteroatoms. The molecule has 0 spiro atoms. The Morgan fingerprint density at radius 1 is 1.18 bits per heavy atom. The van der Waals surface area contributed by atoms with Crippen molar-refractivity contribution >= 4 is 24.3 Å². The maximum Gasteiger partial charge on any atom is 0.326 e. The second kappa shape index (κ2) is 12.1. The molecule has 1 aliphatic rings. The van der Waals surface area contributed by atoms with Gasteiger partial charge >= 0.3 is 5.97 Å². The number of hydrogen-bond donors (Lipinski definition) is 3. The van der Waals surface area contributed by atoms with Gasteiger partial charge < -0.3 is 20.5 Å². The highest BCUT2D eigenvalue weighted by atomic mass is 35.5. The zero-order valence-corrected chi connectivity index (χ0v) is 21.1. The summed E-state index contributed by atoms with van der Waals surface area (Å²) >= 11 is 0.